The van der Waals surface area contributed by atoms with Gasteiger partial charge >= 0.3 is 10.4 Å². The zero-order valence-corrected chi connectivity index (χ0v) is 21.4. The first kappa shape index (κ1) is 32.3. The van der Waals surface area contributed by atoms with Gasteiger partial charge in [0.2, 0.25) is 0 Å². The third kappa shape index (κ3) is 30.3. The van der Waals surface area contributed by atoms with E-state index in [-0.39, 0.29) is 19.0 Å². The van der Waals surface area contributed by atoms with Crippen molar-refractivity contribution in [3.63, 3.8) is 0 Å². The summed E-state index contributed by atoms with van der Waals surface area (Å²) in [6.07, 6.45) is 24.8. The van der Waals surface area contributed by atoms with Crippen molar-refractivity contribution >= 4 is 22.8 Å². The highest BCUT2D eigenvalue weighted by Crippen LogP contribution is 2.14. The van der Waals surface area contributed by atoms with Crippen LogP contribution in [-0.4, -0.2) is 45.1 Å². The van der Waals surface area contributed by atoms with Crippen LogP contribution in [0.4, 0.5) is 0 Å². The van der Waals surface area contributed by atoms with Gasteiger partial charge in [0.15, 0.2) is 0 Å². The number of hydrogen-bond donors (Lipinski definition) is 1. The number of hydrogen-bond acceptors (Lipinski definition) is 4. The third-order valence-corrected chi connectivity index (χ3v) is 5.95. The van der Waals surface area contributed by atoms with Crippen molar-refractivity contribution in [2.75, 3.05) is 27.2 Å². The van der Waals surface area contributed by atoms with Crippen LogP contribution >= 0.6 is 12.4 Å². The summed E-state index contributed by atoms with van der Waals surface area (Å²) in [4.78, 5) is 2.28. The first-order valence-corrected chi connectivity index (χ1v) is 13.5. The van der Waals surface area contributed by atoms with E-state index in [2.05, 4.69) is 23.2 Å². The number of nitrogens with zero attached hydrogens (tertiary/aromatic N) is 1. The molecule has 0 rings (SSSR count). The van der Waals surface area contributed by atoms with Gasteiger partial charge in [-0.3, -0.25) is 4.55 Å². The molecule has 0 aromatic rings. The monoisotopic (exact) mass is 471 g/mol. The molecule has 1 N–H and O–H groups in total. The van der Waals surface area contributed by atoms with E-state index in [1.54, 1.807) is 0 Å². The summed E-state index contributed by atoms with van der Waals surface area (Å²) < 4.78 is 33.5. The molecule has 184 valence electrons. The van der Waals surface area contributed by atoms with Crippen LogP contribution in [0.3, 0.4) is 0 Å². The number of unbranched alkanes of at least 4 members (excludes halogenated alkanes) is 18. The Morgan fingerprint density at radius 3 is 1.10 bits per heavy atom. The lowest BCUT2D eigenvalue weighted by Crippen LogP contribution is -2.12. The largest absolute Gasteiger partial charge is 0.397 e. The second kappa shape index (κ2) is 23.8. The number of rotatable bonds is 23. The molecule has 0 radical (unpaired) electrons. The molecule has 0 bridgehead atoms. The molecule has 0 heterocycles. The summed E-state index contributed by atoms with van der Waals surface area (Å²) >= 11 is 0. The summed E-state index contributed by atoms with van der Waals surface area (Å²) in [5, 5.41) is 0. The maximum atomic E-state index is 10.4. The molecule has 0 aliphatic rings. The fraction of sp³-hybridized carbons (Fsp3) is 1.00. The molecule has 7 heteroatoms. The second-order valence-electron chi connectivity index (χ2n) is 8.77. The van der Waals surface area contributed by atoms with Gasteiger partial charge < -0.3 is 4.90 Å². The average molecular weight is 472 g/mol. The molecule has 0 unspecified atom stereocenters. The van der Waals surface area contributed by atoms with Crippen LogP contribution in [0.25, 0.3) is 0 Å². The van der Waals surface area contributed by atoms with Crippen molar-refractivity contribution < 1.29 is 17.2 Å². The van der Waals surface area contributed by atoms with Crippen LogP contribution in [-0.2, 0) is 14.6 Å². The quantitative estimate of drug-likeness (QED) is 0.126. The Morgan fingerprint density at radius 1 is 0.567 bits per heavy atom. The van der Waals surface area contributed by atoms with Crippen molar-refractivity contribution in [2.45, 2.75) is 122 Å². The molecule has 0 spiro atoms. The fourth-order valence-electron chi connectivity index (χ4n) is 3.70. The fourth-order valence-corrected chi connectivity index (χ4v) is 4.03. The highest BCUT2D eigenvalue weighted by atomic mass is 35.5. The van der Waals surface area contributed by atoms with Gasteiger partial charge in [-0.05, 0) is 33.5 Å². The average Bonchev–Trinajstić information content (AvgIpc) is 2.64. The van der Waals surface area contributed by atoms with Gasteiger partial charge in [-0.15, -0.1) is 12.4 Å². The zero-order valence-electron chi connectivity index (χ0n) is 19.8. The SMILES string of the molecule is CN(C)CCCCCCCCCCCCCCCCCCCCCOS(=O)(=O)O.Cl. The topological polar surface area (TPSA) is 66.8 Å². The molecule has 0 aliphatic carbocycles. The van der Waals surface area contributed by atoms with Crippen molar-refractivity contribution in [1.82, 2.24) is 4.90 Å². The predicted octanol–water partition coefficient (Wildman–Crippen LogP) is 7.20. The molecule has 0 atom stereocenters. The van der Waals surface area contributed by atoms with Gasteiger partial charge in [0.1, 0.15) is 0 Å². The van der Waals surface area contributed by atoms with E-state index in [0.29, 0.717) is 6.42 Å². The van der Waals surface area contributed by atoms with Gasteiger partial charge in [-0.2, -0.15) is 8.42 Å². The zero-order chi connectivity index (χ0) is 21.6. The molecule has 0 aliphatic heterocycles. The van der Waals surface area contributed by atoms with Crippen molar-refractivity contribution in [1.29, 1.82) is 0 Å². The van der Waals surface area contributed by atoms with Crippen molar-refractivity contribution in [3.05, 3.63) is 0 Å². The maximum Gasteiger partial charge on any atom is 0.397 e. The third-order valence-electron chi connectivity index (χ3n) is 5.48. The molecule has 5 nitrogen and oxygen atoms in total. The molecule has 0 aromatic carbocycles. The molecule has 0 fully saturated rings. The van der Waals surface area contributed by atoms with Crippen LogP contribution in [0.2, 0.25) is 0 Å². The highest BCUT2D eigenvalue weighted by molar-refractivity contribution is 7.80. The van der Waals surface area contributed by atoms with E-state index in [4.69, 9.17) is 4.55 Å². The molecule has 0 saturated carbocycles. The lowest BCUT2D eigenvalue weighted by molar-refractivity contribution is 0.261. The number of halogens is 1. The van der Waals surface area contributed by atoms with E-state index >= 15 is 0 Å². The molecule has 30 heavy (non-hydrogen) atoms. The van der Waals surface area contributed by atoms with Crippen LogP contribution in [0, 0.1) is 0 Å². The van der Waals surface area contributed by atoms with Gasteiger partial charge in [0.05, 0.1) is 6.61 Å². The van der Waals surface area contributed by atoms with Crippen LogP contribution in [0.1, 0.15) is 122 Å². The minimum Gasteiger partial charge on any atom is -0.309 e. The summed E-state index contributed by atoms with van der Waals surface area (Å²) in [5.74, 6) is 0. The van der Waals surface area contributed by atoms with Gasteiger partial charge in [-0.25, -0.2) is 4.18 Å². The maximum absolute atomic E-state index is 10.4. The Kier molecular flexibility index (Phi) is 25.6. The predicted molar refractivity (Wildman–Crippen MR) is 131 cm³/mol. The van der Waals surface area contributed by atoms with E-state index in [1.807, 2.05) is 0 Å². The second-order valence-corrected chi connectivity index (χ2v) is 9.86. The minimum atomic E-state index is -4.25. The van der Waals surface area contributed by atoms with Crippen LogP contribution < -0.4 is 0 Å². The van der Waals surface area contributed by atoms with E-state index < -0.39 is 10.4 Å². The normalized spacial score (nSPS) is 11.7. The minimum absolute atomic E-state index is 0. The Bertz CT molecular complexity index is 433. The Balaban J connectivity index is 0. The molecular weight excluding hydrogens is 422 g/mol. The van der Waals surface area contributed by atoms with E-state index in [1.165, 1.54) is 109 Å². The Morgan fingerprint density at radius 2 is 0.833 bits per heavy atom. The van der Waals surface area contributed by atoms with Gasteiger partial charge in [0, 0.05) is 0 Å². The summed E-state index contributed by atoms with van der Waals surface area (Å²) in [6, 6.07) is 0. The Hall–Kier alpha value is 0.120. The summed E-state index contributed by atoms with van der Waals surface area (Å²) in [7, 11) is 0.0567. The summed E-state index contributed by atoms with van der Waals surface area (Å²) in [5.41, 5.74) is 0. The lowest BCUT2D eigenvalue weighted by Gasteiger charge is -2.08. The van der Waals surface area contributed by atoms with Gasteiger partial charge in [0.25, 0.3) is 0 Å². The Labute approximate surface area is 194 Å². The van der Waals surface area contributed by atoms with E-state index in [9.17, 15) is 8.42 Å². The van der Waals surface area contributed by atoms with Crippen LogP contribution in [0.15, 0.2) is 0 Å². The summed E-state index contributed by atoms with van der Waals surface area (Å²) in [6.45, 7) is 1.33. The standard InChI is InChI=1S/C23H49NO4S.ClH/c1-24(2)22-20-18-16-14-12-10-8-6-4-3-5-7-9-11-13-15-17-19-21-23-28-29(25,26)27;/h3-23H2,1-2H3,(H,25,26,27);1H. The van der Waals surface area contributed by atoms with Crippen molar-refractivity contribution in [2.24, 2.45) is 0 Å². The molecule has 0 amide bonds. The smallest absolute Gasteiger partial charge is 0.309 e. The van der Waals surface area contributed by atoms with Crippen LogP contribution in [0.5, 0.6) is 0 Å². The molecular formula is C23H50ClNO4S. The van der Waals surface area contributed by atoms with E-state index in [0.717, 1.165) is 12.8 Å². The van der Waals surface area contributed by atoms with Gasteiger partial charge in [-0.1, -0.05) is 109 Å². The lowest BCUT2D eigenvalue weighted by atomic mass is 10.0. The first-order chi connectivity index (χ1) is 13.9. The molecule has 0 saturated heterocycles. The van der Waals surface area contributed by atoms with Crippen molar-refractivity contribution in [3.8, 4) is 0 Å². The highest BCUT2D eigenvalue weighted by Gasteiger charge is 2.02. The first-order valence-electron chi connectivity index (χ1n) is 12.2. The molecule has 0 aromatic heterocycles.